The van der Waals surface area contributed by atoms with Gasteiger partial charge in [0.2, 0.25) is 0 Å². The monoisotopic (exact) mass is 247 g/mol. The Morgan fingerprint density at radius 3 is 3.17 bits per heavy atom. The predicted molar refractivity (Wildman–Crippen MR) is 71.1 cm³/mol. The Labute approximate surface area is 108 Å². The molecule has 0 aliphatic carbocycles. The van der Waals surface area contributed by atoms with Gasteiger partial charge in [-0.2, -0.15) is 0 Å². The van der Waals surface area contributed by atoms with Gasteiger partial charge in [0.1, 0.15) is 5.75 Å². The Balaban J connectivity index is 1.58. The van der Waals surface area contributed by atoms with Crippen LogP contribution < -0.4 is 10.1 Å². The maximum Gasteiger partial charge on any atom is 0.123 e. The Morgan fingerprint density at radius 2 is 2.28 bits per heavy atom. The van der Waals surface area contributed by atoms with Crippen molar-refractivity contribution in [3.05, 3.63) is 29.8 Å². The highest BCUT2D eigenvalue weighted by atomic mass is 16.5. The van der Waals surface area contributed by atoms with Crippen LogP contribution in [-0.2, 0) is 4.74 Å². The first-order valence-electron chi connectivity index (χ1n) is 6.91. The van der Waals surface area contributed by atoms with E-state index in [4.69, 9.17) is 9.47 Å². The fraction of sp³-hybridized carbons (Fsp3) is 0.600. The smallest absolute Gasteiger partial charge is 0.123 e. The summed E-state index contributed by atoms with van der Waals surface area (Å²) in [6, 6.07) is 8.76. The van der Waals surface area contributed by atoms with E-state index in [9.17, 15) is 0 Å². The van der Waals surface area contributed by atoms with Crippen LogP contribution in [0, 0.1) is 0 Å². The van der Waals surface area contributed by atoms with Crippen LogP contribution in [0.4, 0.5) is 0 Å². The number of piperidine rings is 1. The third kappa shape index (κ3) is 2.38. The fourth-order valence-corrected chi connectivity index (χ4v) is 2.85. The van der Waals surface area contributed by atoms with Crippen molar-refractivity contribution in [2.24, 2.45) is 0 Å². The number of para-hydroxylation sites is 1. The first-order valence-corrected chi connectivity index (χ1v) is 6.91. The molecule has 18 heavy (non-hydrogen) atoms. The second-order valence-electron chi connectivity index (χ2n) is 5.30. The number of fused-ring (bicyclic) bond motifs is 1. The maximum atomic E-state index is 6.09. The minimum absolute atomic E-state index is 0.353. The molecular weight excluding hydrogens is 226 g/mol. The Hall–Kier alpha value is -1.06. The summed E-state index contributed by atoms with van der Waals surface area (Å²) < 4.78 is 11.8. The number of rotatable bonds is 3. The topological polar surface area (TPSA) is 30.5 Å². The summed E-state index contributed by atoms with van der Waals surface area (Å²) in [4.78, 5) is 0. The zero-order valence-electron chi connectivity index (χ0n) is 10.9. The van der Waals surface area contributed by atoms with Crippen molar-refractivity contribution in [3.8, 4) is 5.75 Å². The summed E-state index contributed by atoms with van der Waals surface area (Å²) in [5.74, 6) is 1.43. The van der Waals surface area contributed by atoms with Gasteiger partial charge in [0.05, 0.1) is 19.3 Å². The second kappa shape index (κ2) is 5.29. The molecule has 0 spiro atoms. The average Bonchev–Trinajstić information content (AvgIpc) is 2.81. The highest BCUT2D eigenvalue weighted by Gasteiger charge is 2.27. The average molecular weight is 247 g/mol. The Kier molecular flexibility index (Phi) is 3.52. The van der Waals surface area contributed by atoms with Crippen LogP contribution in [0.2, 0.25) is 0 Å². The molecule has 0 saturated carbocycles. The lowest BCUT2D eigenvalue weighted by Gasteiger charge is -2.30. The largest absolute Gasteiger partial charge is 0.493 e. The molecule has 98 valence electrons. The van der Waals surface area contributed by atoms with E-state index in [-0.39, 0.29) is 0 Å². The lowest BCUT2D eigenvalue weighted by molar-refractivity contribution is 0.00310. The Morgan fingerprint density at radius 1 is 1.39 bits per heavy atom. The molecule has 1 N–H and O–H groups in total. The van der Waals surface area contributed by atoms with E-state index in [1.54, 1.807) is 0 Å². The zero-order valence-corrected chi connectivity index (χ0v) is 10.9. The third-order valence-electron chi connectivity index (χ3n) is 4.00. The normalized spacial score (nSPS) is 30.8. The first-order chi connectivity index (χ1) is 8.84. The van der Waals surface area contributed by atoms with Crippen LogP contribution in [0.3, 0.4) is 0 Å². The SMILES string of the molecule is CC1NCCCC1OCC1COc2ccccc21. The molecule has 2 aliphatic heterocycles. The van der Waals surface area contributed by atoms with Gasteiger partial charge in [-0.1, -0.05) is 18.2 Å². The van der Waals surface area contributed by atoms with Gasteiger partial charge in [-0.05, 0) is 32.4 Å². The number of benzene rings is 1. The summed E-state index contributed by atoms with van der Waals surface area (Å²) in [7, 11) is 0. The van der Waals surface area contributed by atoms with Crippen molar-refractivity contribution in [1.29, 1.82) is 0 Å². The number of ether oxygens (including phenoxy) is 2. The second-order valence-corrected chi connectivity index (χ2v) is 5.30. The third-order valence-corrected chi connectivity index (χ3v) is 4.00. The molecule has 0 aromatic heterocycles. The summed E-state index contributed by atoms with van der Waals surface area (Å²) in [5.41, 5.74) is 1.30. The van der Waals surface area contributed by atoms with E-state index in [0.717, 1.165) is 25.5 Å². The predicted octanol–water partition coefficient (Wildman–Crippen LogP) is 2.32. The molecule has 0 bridgehead atoms. The fourth-order valence-electron chi connectivity index (χ4n) is 2.85. The molecule has 3 heteroatoms. The molecule has 3 rings (SSSR count). The van der Waals surface area contributed by atoms with Crippen LogP contribution >= 0.6 is 0 Å². The van der Waals surface area contributed by atoms with Crippen molar-refractivity contribution in [3.63, 3.8) is 0 Å². The van der Waals surface area contributed by atoms with E-state index in [0.29, 0.717) is 18.1 Å². The van der Waals surface area contributed by atoms with Crippen LogP contribution in [0.1, 0.15) is 31.2 Å². The minimum Gasteiger partial charge on any atom is -0.493 e. The van der Waals surface area contributed by atoms with Gasteiger partial charge < -0.3 is 14.8 Å². The lowest BCUT2D eigenvalue weighted by Crippen LogP contribution is -2.44. The van der Waals surface area contributed by atoms with Crippen LogP contribution in [0.15, 0.2) is 24.3 Å². The molecule has 3 unspecified atom stereocenters. The molecule has 3 atom stereocenters. The molecule has 1 saturated heterocycles. The van der Waals surface area contributed by atoms with Crippen LogP contribution in [-0.4, -0.2) is 31.9 Å². The van der Waals surface area contributed by atoms with E-state index < -0.39 is 0 Å². The van der Waals surface area contributed by atoms with Gasteiger partial charge in [-0.25, -0.2) is 0 Å². The zero-order chi connectivity index (χ0) is 12.4. The van der Waals surface area contributed by atoms with E-state index in [2.05, 4.69) is 24.4 Å². The van der Waals surface area contributed by atoms with Crippen molar-refractivity contribution in [2.45, 2.75) is 37.8 Å². The lowest BCUT2D eigenvalue weighted by atomic mass is 10.0. The number of nitrogens with one attached hydrogen (secondary N) is 1. The molecule has 3 nitrogen and oxygen atoms in total. The molecule has 2 aliphatic rings. The molecule has 0 radical (unpaired) electrons. The van der Waals surface area contributed by atoms with Gasteiger partial charge in [0, 0.05) is 17.5 Å². The highest BCUT2D eigenvalue weighted by molar-refractivity contribution is 5.39. The van der Waals surface area contributed by atoms with Crippen molar-refractivity contribution in [1.82, 2.24) is 5.32 Å². The van der Waals surface area contributed by atoms with Gasteiger partial charge >= 0.3 is 0 Å². The van der Waals surface area contributed by atoms with Gasteiger partial charge in [-0.15, -0.1) is 0 Å². The van der Waals surface area contributed by atoms with Crippen molar-refractivity contribution < 1.29 is 9.47 Å². The molecular formula is C15H21NO2. The standard InChI is InChI=1S/C15H21NO2/c1-11-14(7-4-8-16-11)17-9-12-10-18-15-6-3-2-5-13(12)15/h2-3,5-6,11-12,14,16H,4,7-10H2,1H3. The summed E-state index contributed by atoms with van der Waals surface area (Å²) in [6.45, 7) is 4.86. The van der Waals surface area contributed by atoms with Crippen molar-refractivity contribution in [2.75, 3.05) is 19.8 Å². The van der Waals surface area contributed by atoms with Gasteiger partial charge in [0.15, 0.2) is 0 Å². The summed E-state index contributed by atoms with van der Waals surface area (Å²) >= 11 is 0. The number of hydrogen-bond acceptors (Lipinski definition) is 3. The summed E-state index contributed by atoms with van der Waals surface area (Å²) in [5, 5.41) is 3.47. The van der Waals surface area contributed by atoms with Gasteiger partial charge in [-0.3, -0.25) is 0 Å². The first kappa shape index (κ1) is 12.0. The molecule has 1 aromatic carbocycles. The van der Waals surface area contributed by atoms with E-state index >= 15 is 0 Å². The number of hydrogen-bond donors (Lipinski definition) is 1. The highest BCUT2D eigenvalue weighted by Crippen LogP contribution is 2.33. The molecule has 0 amide bonds. The molecule has 1 aromatic rings. The van der Waals surface area contributed by atoms with Crippen molar-refractivity contribution >= 4 is 0 Å². The van der Waals surface area contributed by atoms with E-state index in [1.807, 2.05) is 12.1 Å². The van der Waals surface area contributed by atoms with Gasteiger partial charge in [0.25, 0.3) is 0 Å². The van der Waals surface area contributed by atoms with Crippen LogP contribution in [0.25, 0.3) is 0 Å². The quantitative estimate of drug-likeness (QED) is 0.889. The molecule has 1 fully saturated rings. The minimum atomic E-state index is 0.353. The van der Waals surface area contributed by atoms with Crippen LogP contribution in [0.5, 0.6) is 5.75 Å². The molecule has 2 heterocycles. The maximum absolute atomic E-state index is 6.09. The van der Waals surface area contributed by atoms with E-state index in [1.165, 1.54) is 18.4 Å². The summed E-state index contributed by atoms with van der Waals surface area (Å²) in [6.07, 6.45) is 2.74. The Bertz CT molecular complexity index is 407.